The van der Waals surface area contributed by atoms with Gasteiger partial charge in [-0.2, -0.15) is 4.98 Å². The summed E-state index contributed by atoms with van der Waals surface area (Å²) in [6.45, 7) is 0. The van der Waals surface area contributed by atoms with Crippen LogP contribution < -0.4 is 10.5 Å². The van der Waals surface area contributed by atoms with Crippen LogP contribution in [0.2, 0.25) is 10.3 Å². The van der Waals surface area contributed by atoms with E-state index in [9.17, 15) is 8.42 Å². The zero-order valence-corrected chi connectivity index (χ0v) is 11.7. The van der Waals surface area contributed by atoms with Gasteiger partial charge in [0.25, 0.3) is 10.0 Å². The molecule has 0 amide bonds. The number of halogens is 2. The SMILES string of the molecule is Nc1cccc(Cl)c1S(=O)(=O)Nc1ccnc(Cl)n1. The zero-order chi connectivity index (χ0) is 14.0. The molecule has 0 aliphatic rings. The lowest BCUT2D eigenvalue weighted by Gasteiger charge is -2.10. The summed E-state index contributed by atoms with van der Waals surface area (Å²) < 4.78 is 26.6. The first-order valence-corrected chi connectivity index (χ1v) is 7.19. The Morgan fingerprint density at radius 2 is 1.95 bits per heavy atom. The number of anilines is 2. The Bertz CT molecular complexity index is 701. The highest BCUT2D eigenvalue weighted by Gasteiger charge is 2.21. The largest absolute Gasteiger partial charge is 0.398 e. The van der Waals surface area contributed by atoms with Crippen molar-refractivity contribution in [1.82, 2.24) is 9.97 Å². The van der Waals surface area contributed by atoms with Gasteiger partial charge >= 0.3 is 0 Å². The average Bonchev–Trinajstić information content (AvgIpc) is 2.27. The van der Waals surface area contributed by atoms with Crippen molar-refractivity contribution in [2.24, 2.45) is 0 Å². The molecule has 3 N–H and O–H groups in total. The molecule has 2 rings (SSSR count). The fourth-order valence-electron chi connectivity index (χ4n) is 1.39. The van der Waals surface area contributed by atoms with Crippen LogP contribution in [0.1, 0.15) is 0 Å². The van der Waals surface area contributed by atoms with Crippen LogP contribution >= 0.6 is 23.2 Å². The molecule has 0 aliphatic heterocycles. The average molecular weight is 319 g/mol. The normalized spacial score (nSPS) is 11.3. The lowest BCUT2D eigenvalue weighted by Crippen LogP contribution is -2.16. The molecule has 0 saturated carbocycles. The molecule has 19 heavy (non-hydrogen) atoms. The molecule has 0 radical (unpaired) electrons. The van der Waals surface area contributed by atoms with E-state index in [0.717, 1.165) is 0 Å². The monoisotopic (exact) mass is 318 g/mol. The number of hydrogen-bond acceptors (Lipinski definition) is 5. The van der Waals surface area contributed by atoms with E-state index in [1.54, 1.807) is 6.07 Å². The first-order chi connectivity index (χ1) is 8.90. The van der Waals surface area contributed by atoms with Crippen LogP contribution in [-0.4, -0.2) is 18.4 Å². The molecule has 9 heteroatoms. The van der Waals surface area contributed by atoms with Crippen LogP contribution in [0.15, 0.2) is 35.4 Å². The molecule has 6 nitrogen and oxygen atoms in total. The van der Waals surface area contributed by atoms with E-state index in [-0.39, 0.29) is 26.7 Å². The van der Waals surface area contributed by atoms with E-state index in [1.165, 1.54) is 24.4 Å². The lowest BCUT2D eigenvalue weighted by molar-refractivity contribution is 0.601. The number of aromatic nitrogens is 2. The van der Waals surface area contributed by atoms with E-state index in [2.05, 4.69) is 14.7 Å². The van der Waals surface area contributed by atoms with Crippen molar-refractivity contribution < 1.29 is 8.42 Å². The van der Waals surface area contributed by atoms with Gasteiger partial charge in [-0.3, -0.25) is 4.72 Å². The summed E-state index contributed by atoms with van der Waals surface area (Å²) in [5.74, 6) is 0.0271. The Balaban J connectivity index is 2.44. The molecule has 0 atom stereocenters. The summed E-state index contributed by atoms with van der Waals surface area (Å²) in [4.78, 5) is 7.17. The smallest absolute Gasteiger partial charge is 0.266 e. The molecule has 1 heterocycles. The van der Waals surface area contributed by atoms with Gasteiger partial charge in [-0.1, -0.05) is 17.7 Å². The quantitative estimate of drug-likeness (QED) is 0.667. The van der Waals surface area contributed by atoms with E-state index in [4.69, 9.17) is 28.9 Å². The predicted molar refractivity (Wildman–Crippen MR) is 73.7 cm³/mol. The predicted octanol–water partition coefficient (Wildman–Crippen LogP) is 2.17. The fourth-order valence-corrected chi connectivity index (χ4v) is 3.22. The van der Waals surface area contributed by atoms with Gasteiger partial charge in [0.15, 0.2) is 0 Å². The van der Waals surface area contributed by atoms with Crippen molar-refractivity contribution in [1.29, 1.82) is 0 Å². The molecule has 0 unspecified atom stereocenters. The Hall–Kier alpha value is -1.57. The Morgan fingerprint density at radius 3 is 2.58 bits per heavy atom. The summed E-state index contributed by atoms with van der Waals surface area (Å²) >= 11 is 11.4. The maximum Gasteiger partial charge on any atom is 0.266 e. The summed E-state index contributed by atoms with van der Waals surface area (Å²) in [7, 11) is -3.95. The van der Waals surface area contributed by atoms with Gasteiger partial charge in [0.2, 0.25) is 5.28 Å². The van der Waals surface area contributed by atoms with Crippen molar-refractivity contribution in [2.75, 3.05) is 10.5 Å². The van der Waals surface area contributed by atoms with Gasteiger partial charge in [0.05, 0.1) is 10.7 Å². The highest BCUT2D eigenvalue weighted by atomic mass is 35.5. The van der Waals surface area contributed by atoms with Crippen molar-refractivity contribution in [3.05, 3.63) is 40.8 Å². The number of nitrogens with zero attached hydrogens (tertiary/aromatic N) is 2. The maximum absolute atomic E-state index is 12.2. The van der Waals surface area contributed by atoms with Gasteiger partial charge in [-0.05, 0) is 29.8 Å². The number of nitrogens with two attached hydrogens (primary N) is 1. The molecule has 1 aromatic carbocycles. The minimum absolute atomic E-state index is 0.0210. The first-order valence-electron chi connectivity index (χ1n) is 4.95. The topological polar surface area (TPSA) is 98.0 Å². The van der Waals surface area contributed by atoms with Gasteiger partial charge < -0.3 is 5.73 Å². The van der Waals surface area contributed by atoms with Crippen molar-refractivity contribution in [3.8, 4) is 0 Å². The second-order valence-electron chi connectivity index (χ2n) is 3.47. The molecule has 100 valence electrons. The maximum atomic E-state index is 12.2. The fraction of sp³-hybridized carbons (Fsp3) is 0. The molecular weight excluding hydrogens is 311 g/mol. The van der Waals surface area contributed by atoms with E-state index < -0.39 is 10.0 Å². The molecule has 0 saturated heterocycles. The van der Waals surface area contributed by atoms with Gasteiger partial charge in [-0.15, -0.1) is 0 Å². The van der Waals surface area contributed by atoms with Crippen molar-refractivity contribution in [2.45, 2.75) is 4.90 Å². The third-order valence-electron chi connectivity index (χ3n) is 2.13. The molecule has 0 aliphatic carbocycles. The third kappa shape index (κ3) is 3.06. The number of nitrogen functional groups attached to an aromatic ring is 1. The number of sulfonamides is 1. The molecule has 0 bridgehead atoms. The van der Waals surface area contributed by atoms with Crippen molar-refractivity contribution >= 4 is 44.7 Å². The second kappa shape index (κ2) is 5.20. The summed E-state index contributed by atoms with van der Waals surface area (Å²) in [5.41, 5.74) is 5.67. The number of benzene rings is 1. The minimum Gasteiger partial charge on any atom is -0.398 e. The Kier molecular flexibility index (Phi) is 3.79. The summed E-state index contributed by atoms with van der Waals surface area (Å²) in [6.07, 6.45) is 1.32. The Labute approximate surface area is 119 Å². The Morgan fingerprint density at radius 1 is 1.21 bits per heavy atom. The molecule has 2 aromatic rings. The van der Waals surface area contributed by atoms with Crippen LogP contribution in [0, 0.1) is 0 Å². The second-order valence-corrected chi connectivity index (χ2v) is 5.84. The van der Waals surface area contributed by atoms with Crippen LogP contribution in [0.3, 0.4) is 0 Å². The number of nitrogens with one attached hydrogen (secondary N) is 1. The van der Waals surface area contributed by atoms with E-state index >= 15 is 0 Å². The van der Waals surface area contributed by atoms with Gasteiger partial charge in [0.1, 0.15) is 10.7 Å². The zero-order valence-electron chi connectivity index (χ0n) is 9.34. The number of hydrogen-bond donors (Lipinski definition) is 2. The molecule has 0 fully saturated rings. The van der Waals surface area contributed by atoms with Gasteiger partial charge in [-0.25, -0.2) is 13.4 Å². The first kappa shape index (κ1) is 13.9. The summed E-state index contributed by atoms with van der Waals surface area (Å²) in [5, 5.41) is -0.0556. The summed E-state index contributed by atoms with van der Waals surface area (Å²) in [6, 6.07) is 5.78. The van der Waals surface area contributed by atoms with Crippen LogP contribution in [-0.2, 0) is 10.0 Å². The van der Waals surface area contributed by atoms with Crippen LogP contribution in [0.5, 0.6) is 0 Å². The molecule has 0 spiro atoms. The lowest BCUT2D eigenvalue weighted by atomic mass is 10.3. The number of rotatable bonds is 3. The minimum atomic E-state index is -3.95. The van der Waals surface area contributed by atoms with Crippen LogP contribution in [0.4, 0.5) is 11.5 Å². The highest BCUT2D eigenvalue weighted by molar-refractivity contribution is 7.93. The van der Waals surface area contributed by atoms with E-state index in [0.29, 0.717) is 0 Å². The molecular formula is C10H8Cl2N4O2S. The molecule has 1 aromatic heterocycles. The third-order valence-corrected chi connectivity index (χ3v) is 4.21. The van der Waals surface area contributed by atoms with E-state index in [1.807, 2.05) is 0 Å². The standard InChI is InChI=1S/C10H8Cl2N4O2S/c11-6-2-1-3-7(13)9(6)19(17,18)16-8-4-5-14-10(12)15-8/h1-5H,13H2,(H,14,15,16). The van der Waals surface area contributed by atoms with Crippen molar-refractivity contribution in [3.63, 3.8) is 0 Å². The highest BCUT2D eigenvalue weighted by Crippen LogP contribution is 2.28. The van der Waals surface area contributed by atoms with Crippen LogP contribution in [0.25, 0.3) is 0 Å². The van der Waals surface area contributed by atoms with Gasteiger partial charge in [0, 0.05) is 6.20 Å².